The van der Waals surface area contributed by atoms with Gasteiger partial charge in [-0.1, -0.05) is 35.0 Å². The molecule has 1 amide bonds. The number of thiocarbonyl (C=S) groups is 1. The molecule has 0 saturated carbocycles. The van der Waals surface area contributed by atoms with Gasteiger partial charge in [-0.25, -0.2) is 0 Å². The first-order valence-corrected chi connectivity index (χ1v) is 9.03. The Bertz CT molecular complexity index is 836. The van der Waals surface area contributed by atoms with Crippen LogP contribution in [0, 0.1) is 0 Å². The summed E-state index contributed by atoms with van der Waals surface area (Å²) in [5.74, 6) is 1.05. The molecule has 2 N–H and O–H groups in total. The van der Waals surface area contributed by atoms with Crippen LogP contribution in [0.5, 0.6) is 0 Å². The topological polar surface area (TPSA) is 66.6 Å². The van der Waals surface area contributed by atoms with Crippen molar-refractivity contribution >= 4 is 63.4 Å². The van der Waals surface area contributed by atoms with Gasteiger partial charge in [-0.2, -0.15) is 0 Å². The fraction of sp³-hybridized carbons (Fsp3) is 0.133. The highest BCUT2D eigenvalue weighted by Crippen LogP contribution is 2.31. The molecule has 2 heterocycles. The second kappa shape index (κ2) is 7.57. The predicted molar refractivity (Wildman–Crippen MR) is 102 cm³/mol. The number of amidine groups is 1. The molecule has 9 heteroatoms. The number of nitrogens with zero attached hydrogens (tertiary/aromatic N) is 1. The summed E-state index contributed by atoms with van der Waals surface area (Å²) in [5.41, 5.74) is 0.650. The lowest BCUT2D eigenvalue weighted by atomic mass is 10.2. The van der Waals surface area contributed by atoms with E-state index in [0.717, 1.165) is 12.3 Å². The number of carbonyl (C=O) groups excluding carboxylic acids is 1. The second-order valence-electron chi connectivity index (χ2n) is 4.73. The van der Waals surface area contributed by atoms with Crippen LogP contribution in [-0.2, 0) is 0 Å². The zero-order valence-corrected chi connectivity index (χ0v) is 15.3. The Morgan fingerprint density at radius 3 is 2.83 bits per heavy atom. The van der Waals surface area contributed by atoms with E-state index in [1.54, 1.807) is 42.1 Å². The van der Waals surface area contributed by atoms with Gasteiger partial charge in [0.2, 0.25) is 0 Å². The monoisotopic (exact) mass is 399 g/mol. The van der Waals surface area contributed by atoms with Gasteiger partial charge in [0, 0.05) is 16.3 Å². The van der Waals surface area contributed by atoms with Crippen molar-refractivity contribution in [3.63, 3.8) is 0 Å². The molecule has 1 aliphatic heterocycles. The minimum atomic E-state index is -0.451. The zero-order chi connectivity index (χ0) is 17.1. The smallest absolute Gasteiger partial charge is 0.293 e. The van der Waals surface area contributed by atoms with Crippen LogP contribution in [0.3, 0.4) is 0 Å². The van der Waals surface area contributed by atoms with Crippen LogP contribution in [0.4, 0.5) is 0 Å². The van der Waals surface area contributed by atoms with Gasteiger partial charge in [0.25, 0.3) is 5.91 Å². The number of nitrogens with one attached hydrogen (secondary N) is 2. The summed E-state index contributed by atoms with van der Waals surface area (Å²) in [6.07, 6.45) is 0. The maximum atomic E-state index is 12.2. The molecule has 2 aromatic rings. The molecule has 3 rings (SSSR count). The average Bonchev–Trinajstić information content (AvgIpc) is 3.18. The number of hydrogen-bond acceptors (Lipinski definition) is 5. The molecule has 0 bridgehead atoms. The fourth-order valence-electron chi connectivity index (χ4n) is 2.00. The van der Waals surface area contributed by atoms with Gasteiger partial charge >= 0.3 is 0 Å². The molecule has 0 fully saturated rings. The van der Waals surface area contributed by atoms with Crippen molar-refractivity contribution in [1.82, 2.24) is 10.6 Å². The Balaban J connectivity index is 1.68. The number of thioether (sulfide) groups is 1. The molecule has 1 aromatic carbocycles. The van der Waals surface area contributed by atoms with Gasteiger partial charge in [-0.15, -0.1) is 0 Å². The number of furan rings is 1. The minimum absolute atomic E-state index is 0.126. The van der Waals surface area contributed by atoms with E-state index in [2.05, 4.69) is 15.6 Å². The molecule has 0 saturated heterocycles. The molecule has 1 aliphatic rings. The standard InChI is InChI=1S/C15H11Cl2N3O2S2/c16-8-1-2-9(10(17)7-8)11-3-4-12(22-11)13(21)19-14(23)20-15-18-5-6-24-15/h1-4,7H,5-6H2,(H2,18,19,20,21,23). The summed E-state index contributed by atoms with van der Waals surface area (Å²) >= 11 is 18.7. The van der Waals surface area contributed by atoms with Crippen LogP contribution in [0.2, 0.25) is 10.0 Å². The quantitative estimate of drug-likeness (QED) is 0.747. The molecule has 0 aliphatic carbocycles. The highest BCUT2D eigenvalue weighted by atomic mass is 35.5. The average molecular weight is 400 g/mol. The summed E-state index contributed by atoms with van der Waals surface area (Å²) in [6.45, 7) is 0.743. The van der Waals surface area contributed by atoms with Crippen LogP contribution in [0.1, 0.15) is 10.6 Å². The number of hydrogen-bond donors (Lipinski definition) is 2. The molecular weight excluding hydrogens is 389 g/mol. The molecule has 0 unspecified atom stereocenters. The van der Waals surface area contributed by atoms with Crippen molar-refractivity contribution < 1.29 is 9.21 Å². The molecule has 24 heavy (non-hydrogen) atoms. The van der Waals surface area contributed by atoms with Crippen molar-refractivity contribution in [1.29, 1.82) is 0 Å². The molecule has 1 aromatic heterocycles. The summed E-state index contributed by atoms with van der Waals surface area (Å²) in [6, 6.07) is 8.26. The Kier molecular flexibility index (Phi) is 5.45. The summed E-state index contributed by atoms with van der Waals surface area (Å²) < 4.78 is 5.56. The maximum Gasteiger partial charge on any atom is 0.293 e. The van der Waals surface area contributed by atoms with E-state index in [9.17, 15) is 4.79 Å². The molecule has 124 valence electrons. The third kappa shape index (κ3) is 4.10. The molecule has 5 nitrogen and oxygen atoms in total. The van der Waals surface area contributed by atoms with Crippen molar-refractivity contribution in [2.75, 3.05) is 12.3 Å². The van der Waals surface area contributed by atoms with Gasteiger partial charge in [0.15, 0.2) is 16.0 Å². The number of benzene rings is 1. The second-order valence-corrected chi connectivity index (χ2v) is 7.07. The van der Waals surface area contributed by atoms with Gasteiger partial charge in [0.1, 0.15) is 5.76 Å². The van der Waals surface area contributed by atoms with Crippen molar-refractivity contribution in [2.24, 2.45) is 4.99 Å². The molecule has 0 atom stereocenters. The summed E-state index contributed by atoms with van der Waals surface area (Å²) in [7, 11) is 0. The number of aliphatic imine (C=N–C) groups is 1. The lowest BCUT2D eigenvalue weighted by Crippen LogP contribution is -2.40. The van der Waals surface area contributed by atoms with Gasteiger partial charge in [0.05, 0.1) is 11.6 Å². The minimum Gasteiger partial charge on any atom is -0.451 e. The Morgan fingerprint density at radius 1 is 1.29 bits per heavy atom. The highest BCUT2D eigenvalue weighted by Gasteiger charge is 2.16. The Morgan fingerprint density at radius 2 is 2.12 bits per heavy atom. The molecular formula is C15H11Cl2N3O2S2. The van der Waals surface area contributed by atoms with Gasteiger partial charge in [-0.3, -0.25) is 15.1 Å². The lowest BCUT2D eigenvalue weighted by Gasteiger charge is -2.07. The van der Waals surface area contributed by atoms with E-state index >= 15 is 0 Å². The summed E-state index contributed by atoms with van der Waals surface area (Å²) in [5, 5.41) is 7.27. The van der Waals surface area contributed by atoms with Crippen molar-refractivity contribution in [3.8, 4) is 11.3 Å². The largest absolute Gasteiger partial charge is 0.451 e. The highest BCUT2D eigenvalue weighted by molar-refractivity contribution is 8.14. The maximum absolute atomic E-state index is 12.2. The Hall–Kier alpha value is -1.54. The first-order chi connectivity index (χ1) is 11.5. The van der Waals surface area contributed by atoms with E-state index in [1.807, 2.05) is 0 Å². The van der Waals surface area contributed by atoms with E-state index in [0.29, 0.717) is 26.5 Å². The number of halogens is 2. The molecule has 0 spiro atoms. The SMILES string of the molecule is O=C(NC(=S)NC1=NCCS1)c1ccc(-c2ccc(Cl)cc2Cl)o1. The number of carbonyl (C=O) groups is 1. The van der Waals surface area contributed by atoms with Crippen LogP contribution in [0.15, 0.2) is 39.7 Å². The summed E-state index contributed by atoms with van der Waals surface area (Å²) in [4.78, 5) is 16.4. The van der Waals surface area contributed by atoms with E-state index in [-0.39, 0.29) is 10.9 Å². The van der Waals surface area contributed by atoms with Crippen LogP contribution < -0.4 is 10.6 Å². The first kappa shape index (κ1) is 17.3. The molecule has 0 radical (unpaired) electrons. The Labute approximate surface area is 157 Å². The zero-order valence-electron chi connectivity index (χ0n) is 12.1. The fourth-order valence-corrected chi connectivity index (χ4v) is 3.49. The third-order valence-electron chi connectivity index (χ3n) is 3.06. The normalized spacial score (nSPS) is 13.5. The lowest BCUT2D eigenvalue weighted by molar-refractivity contribution is 0.0951. The van der Waals surface area contributed by atoms with E-state index in [4.69, 9.17) is 39.8 Å². The van der Waals surface area contributed by atoms with Crippen LogP contribution in [-0.4, -0.2) is 28.5 Å². The van der Waals surface area contributed by atoms with E-state index < -0.39 is 5.91 Å². The van der Waals surface area contributed by atoms with E-state index in [1.165, 1.54) is 0 Å². The first-order valence-electron chi connectivity index (χ1n) is 6.88. The van der Waals surface area contributed by atoms with Crippen molar-refractivity contribution in [3.05, 3.63) is 46.1 Å². The van der Waals surface area contributed by atoms with Gasteiger partial charge in [-0.05, 0) is 42.5 Å². The van der Waals surface area contributed by atoms with Crippen LogP contribution >= 0.6 is 47.2 Å². The van der Waals surface area contributed by atoms with Crippen LogP contribution in [0.25, 0.3) is 11.3 Å². The van der Waals surface area contributed by atoms with Gasteiger partial charge < -0.3 is 9.73 Å². The van der Waals surface area contributed by atoms with Crippen molar-refractivity contribution in [2.45, 2.75) is 0 Å². The predicted octanol–water partition coefficient (Wildman–Crippen LogP) is 3.96. The number of rotatable bonds is 2. The third-order valence-corrected chi connectivity index (χ3v) is 4.70. The number of amides is 1.